The normalized spacial score (nSPS) is 13.9. The first-order valence-electron chi connectivity index (χ1n) is 8.95. The predicted octanol–water partition coefficient (Wildman–Crippen LogP) is 2.41. The lowest BCUT2D eigenvalue weighted by molar-refractivity contribution is -0.124. The van der Waals surface area contributed by atoms with Crippen molar-refractivity contribution in [3.8, 4) is 0 Å². The van der Waals surface area contributed by atoms with Crippen LogP contribution in [0.3, 0.4) is 0 Å². The summed E-state index contributed by atoms with van der Waals surface area (Å²) >= 11 is 0. The lowest BCUT2D eigenvalue weighted by Crippen LogP contribution is -2.52. The molecule has 0 fully saturated rings. The summed E-state index contributed by atoms with van der Waals surface area (Å²) in [5.74, 6) is -0.371. The van der Waals surface area contributed by atoms with Crippen molar-refractivity contribution < 1.29 is 19.4 Å². The van der Waals surface area contributed by atoms with Gasteiger partial charge in [0.05, 0.1) is 12.1 Å². The fourth-order valence-corrected chi connectivity index (χ4v) is 2.41. The summed E-state index contributed by atoms with van der Waals surface area (Å²) in [6.07, 6.45) is -1.05. The maximum absolute atomic E-state index is 12.6. The van der Waals surface area contributed by atoms with E-state index in [-0.39, 0.29) is 12.5 Å². The lowest BCUT2D eigenvalue weighted by atomic mass is 10.0. The molecule has 0 aromatic heterocycles. The van der Waals surface area contributed by atoms with Crippen molar-refractivity contribution in [1.29, 1.82) is 0 Å². The quantitative estimate of drug-likeness (QED) is 0.666. The van der Waals surface area contributed by atoms with E-state index >= 15 is 0 Å². The summed E-state index contributed by atoms with van der Waals surface area (Å²) in [5.41, 5.74) is 1.77. The zero-order chi connectivity index (χ0) is 19.6. The molecule has 0 spiro atoms. The van der Waals surface area contributed by atoms with Crippen molar-refractivity contribution in [2.45, 2.75) is 45.1 Å². The molecular formula is C21H26N2O4. The van der Waals surface area contributed by atoms with Crippen LogP contribution in [0.1, 0.15) is 25.0 Å². The summed E-state index contributed by atoms with van der Waals surface area (Å²) in [5, 5.41) is 15.0. The summed E-state index contributed by atoms with van der Waals surface area (Å²) < 4.78 is 5.22. The number of aliphatic hydroxyl groups is 1. The van der Waals surface area contributed by atoms with E-state index in [2.05, 4.69) is 10.6 Å². The van der Waals surface area contributed by atoms with Gasteiger partial charge in [0.25, 0.3) is 0 Å². The van der Waals surface area contributed by atoms with E-state index in [4.69, 9.17) is 4.74 Å². The minimum Gasteiger partial charge on any atom is -0.445 e. The molecule has 2 aromatic rings. The Labute approximate surface area is 159 Å². The summed E-state index contributed by atoms with van der Waals surface area (Å²) in [7, 11) is 0. The maximum atomic E-state index is 12.6. The van der Waals surface area contributed by atoms with Crippen LogP contribution in [-0.2, 0) is 22.6 Å². The van der Waals surface area contributed by atoms with E-state index in [1.54, 1.807) is 13.8 Å². The Morgan fingerprint density at radius 1 is 0.926 bits per heavy atom. The standard InChI is InChI=1S/C21H26N2O4/c1-15(16(2)24)22-20(25)19(13-17-9-5-3-6-10-17)23-21(26)27-14-18-11-7-4-8-12-18/h3-12,15-16,19,24H,13-14H2,1-2H3,(H,22,25)(H,23,26)/t15-,16-,19+/m0/s1. The number of amides is 2. The van der Waals surface area contributed by atoms with Crippen molar-refractivity contribution >= 4 is 12.0 Å². The molecule has 0 bridgehead atoms. The van der Waals surface area contributed by atoms with Gasteiger partial charge in [0, 0.05) is 6.42 Å². The fourth-order valence-electron chi connectivity index (χ4n) is 2.41. The van der Waals surface area contributed by atoms with Crippen LogP contribution < -0.4 is 10.6 Å². The number of alkyl carbamates (subject to hydrolysis) is 1. The first-order chi connectivity index (χ1) is 13.0. The highest BCUT2D eigenvalue weighted by Gasteiger charge is 2.24. The molecule has 3 N–H and O–H groups in total. The molecule has 3 atom stereocenters. The Kier molecular flexibility index (Phi) is 7.82. The van der Waals surface area contributed by atoms with Gasteiger partial charge in [-0.25, -0.2) is 4.79 Å². The van der Waals surface area contributed by atoms with Gasteiger partial charge in [-0.1, -0.05) is 60.7 Å². The average Bonchev–Trinajstić information content (AvgIpc) is 2.67. The molecule has 0 saturated carbocycles. The molecule has 2 amide bonds. The molecule has 0 aliphatic heterocycles. The number of ether oxygens (including phenoxy) is 1. The van der Waals surface area contributed by atoms with Gasteiger partial charge < -0.3 is 20.5 Å². The Morgan fingerprint density at radius 2 is 1.48 bits per heavy atom. The van der Waals surface area contributed by atoms with E-state index in [1.807, 2.05) is 60.7 Å². The van der Waals surface area contributed by atoms with Gasteiger partial charge in [0.2, 0.25) is 5.91 Å². The largest absolute Gasteiger partial charge is 0.445 e. The third kappa shape index (κ3) is 7.11. The van der Waals surface area contributed by atoms with Gasteiger partial charge >= 0.3 is 6.09 Å². The molecular weight excluding hydrogens is 344 g/mol. The highest BCUT2D eigenvalue weighted by Crippen LogP contribution is 2.06. The molecule has 6 heteroatoms. The van der Waals surface area contributed by atoms with E-state index < -0.39 is 24.3 Å². The summed E-state index contributed by atoms with van der Waals surface area (Å²) in [6, 6.07) is 17.5. The monoisotopic (exact) mass is 370 g/mol. The molecule has 144 valence electrons. The van der Waals surface area contributed by atoms with Gasteiger partial charge in [-0.3, -0.25) is 4.79 Å². The van der Waals surface area contributed by atoms with E-state index in [1.165, 1.54) is 0 Å². The highest BCUT2D eigenvalue weighted by molar-refractivity contribution is 5.86. The smallest absolute Gasteiger partial charge is 0.408 e. The van der Waals surface area contributed by atoms with Gasteiger partial charge in [-0.05, 0) is 25.0 Å². The number of aliphatic hydroxyl groups excluding tert-OH is 1. The second-order valence-corrected chi connectivity index (χ2v) is 6.49. The van der Waals surface area contributed by atoms with Gasteiger partial charge in [-0.15, -0.1) is 0 Å². The zero-order valence-electron chi connectivity index (χ0n) is 15.6. The molecule has 0 unspecified atom stereocenters. The van der Waals surface area contributed by atoms with Crippen LogP contribution in [-0.4, -0.2) is 35.3 Å². The Hall–Kier alpha value is -2.86. The van der Waals surface area contributed by atoms with Gasteiger partial charge in [0.15, 0.2) is 0 Å². The number of hydrogen-bond acceptors (Lipinski definition) is 4. The minimum atomic E-state index is -0.808. The second-order valence-electron chi connectivity index (χ2n) is 6.49. The first-order valence-corrected chi connectivity index (χ1v) is 8.95. The highest BCUT2D eigenvalue weighted by atomic mass is 16.5. The van der Waals surface area contributed by atoms with Crippen molar-refractivity contribution in [3.63, 3.8) is 0 Å². The van der Waals surface area contributed by atoms with Crippen molar-refractivity contribution in [2.75, 3.05) is 0 Å². The molecule has 27 heavy (non-hydrogen) atoms. The molecule has 0 saturated heterocycles. The number of carbonyl (C=O) groups excluding carboxylic acids is 2. The van der Waals surface area contributed by atoms with E-state index in [0.717, 1.165) is 11.1 Å². The van der Waals surface area contributed by atoms with Crippen LogP contribution in [0.15, 0.2) is 60.7 Å². The number of nitrogens with one attached hydrogen (secondary N) is 2. The molecule has 0 aliphatic rings. The number of hydrogen-bond donors (Lipinski definition) is 3. The van der Waals surface area contributed by atoms with Gasteiger partial charge in [0.1, 0.15) is 12.6 Å². The average molecular weight is 370 g/mol. The zero-order valence-corrected chi connectivity index (χ0v) is 15.6. The predicted molar refractivity (Wildman–Crippen MR) is 103 cm³/mol. The Balaban J connectivity index is 1.99. The first kappa shape index (κ1) is 20.5. The second kappa shape index (κ2) is 10.3. The summed E-state index contributed by atoms with van der Waals surface area (Å²) in [6.45, 7) is 3.42. The fraction of sp³-hybridized carbons (Fsp3) is 0.333. The Morgan fingerprint density at radius 3 is 2.04 bits per heavy atom. The van der Waals surface area contributed by atoms with E-state index in [0.29, 0.717) is 6.42 Å². The van der Waals surface area contributed by atoms with Gasteiger partial charge in [-0.2, -0.15) is 0 Å². The van der Waals surface area contributed by atoms with Crippen LogP contribution in [0, 0.1) is 0 Å². The molecule has 0 aliphatic carbocycles. The number of carbonyl (C=O) groups is 2. The lowest BCUT2D eigenvalue weighted by Gasteiger charge is -2.22. The SMILES string of the molecule is C[C@H](O)[C@H](C)NC(=O)[C@@H](Cc1ccccc1)NC(=O)OCc1ccccc1. The Bertz CT molecular complexity index is 719. The molecule has 0 heterocycles. The summed E-state index contributed by atoms with van der Waals surface area (Å²) in [4.78, 5) is 24.8. The number of benzene rings is 2. The molecule has 6 nitrogen and oxygen atoms in total. The van der Waals surface area contributed by atoms with Crippen molar-refractivity contribution in [1.82, 2.24) is 10.6 Å². The van der Waals surface area contributed by atoms with Crippen LogP contribution in [0.25, 0.3) is 0 Å². The van der Waals surface area contributed by atoms with E-state index in [9.17, 15) is 14.7 Å². The van der Waals surface area contributed by atoms with Crippen molar-refractivity contribution in [3.05, 3.63) is 71.8 Å². The topological polar surface area (TPSA) is 87.7 Å². The minimum absolute atomic E-state index is 0.121. The third-order valence-electron chi connectivity index (χ3n) is 4.20. The van der Waals surface area contributed by atoms with Crippen LogP contribution in [0.2, 0.25) is 0 Å². The molecule has 2 rings (SSSR count). The maximum Gasteiger partial charge on any atom is 0.408 e. The number of rotatable bonds is 8. The van der Waals surface area contributed by atoms with Crippen LogP contribution in [0.5, 0.6) is 0 Å². The van der Waals surface area contributed by atoms with Crippen LogP contribution >= 0.6 is 0 Å². The molecule has 0 radical (unpaired) electrons. The third-order valence-corrected chi connectivity index (χ3v) is 4.20. The van der Waals surface area contributed by atoms with Crippen molar-refractivity contribution in [2.24, 2.45) is 0 Å². The van der Waals surface area contributed by atoms with Crippen LogP contribution in [0.4, 0.5) is 4.79 Å². The molecule has 2 aromatic carbocycles.